The molecule has 0 heterocycles. The van der Waals surface area contributed by atoms with E-state index < -0.39 is 0 Å². The first-order valence-corrected chi connectivity index (χ1v) is 8.56. The number of rotatable bonds is 8. The fourth-order valence-electron chi connectivity index (χ4n) is 2.41. The maximum Gasteiger partial charge on any atom is 0.193 e. The second-order valence-electron chi connectivity index (χ2n) is 6.02. The van der Waals surface area contributed by atoms with Crippen molar-refractivity contribution in [2.45, 2.75) is 26.4 Å². The van der Waals surface area contributed by atoms with Gasteiger partial charge in [-0.25, -0.2) is 0 Å². The van der Waals surface area contributed by atoms with E-state index in [-0.39, 0.29) is 30.1 Å². The molecule has 0 bridgehead atoms. The van der Waals surface area contributed by atoms with Crippen LogP contribution in [0.2, 0.25) is 0 Å². The van der Waals surface area contributed by atoms with E-state index in [1.165, 1.54) is 5.56 Å². The number of hydrogen-bond donors (Lipinski definition) is 2. The molecule has 0 unspecified atom stereocenters. The lowest BCUT2D eigenvalue weighted by Gasteiger charge is -2.11. The van der Waals surface area contributed by atoms with E-state index in [4.69, 9.17) is 19.9 Å². The largest absolute Gasteiger partial charge is 0.493 e. The molecule has 0 aliphatic carbocycles. The zero-order chi connectivity index (χ0) is 18.9. The number of nitrogens with one attached hydrogen (secondary N) is 1. The quantitative estimate of drug-likeness (QED) is 0.335. The highest BCUT2D eigenvalue weighted by atomic mass is 127. The summed E-state index contributed by atoms with van der Waals surface area (Å²) in [6.07, 6.45) is 0.976. The fraction of sp³-hybridized carbons (Fsp3) is 0.350. The molecule has 3 N–H and O–H groups in total. The van der Waals surface area contributed by atoms with Gasteiger partial charge in [0.1, 0.15) is 5.75 Å². The molecule has 0 amide bonds. The average Bonchev–Trinajstić information content (AvgIpc) is 2.62. The molecular formula is C20H28IN3O3. The van der Waals surface area contributed by atoms with Gasteiger partial charge in [-0.1, -0.05) is 12.1 Å². The number of aliphatic imine (C=N–C) groups is 1. The summed E-state index contributed by atoms with van der Waals surface area (Å²) in [6.45, 7) is 4.62. The van der Waals surface area contributed by atoms with Crippen molar-refractivity contribution in [3.63, 3.8) is 0 Å². The van der Waals surface area contributed by atoms with Gasteiger partial charge >= 0.3 is 0 Å². The van der Waals surface area contributed by atoms with Gasteiger partial charge in [0.25, 0.3) is 0 Å². The SMILES string of the molecule is COc1ccc(NC(N)=NCCc2ccc(OC(C)C)cc2)cc1OC.I. The summed E-state index contributed by atoms with van der Waals surface area (Å²) < 4.78 is 16.1. The summed E-state index contributed by atoms with van der Waals surface area (Å²) in [6, 6.07) is 13.5. The second kappa shape index (κ2) is 11.5. The highest BCUT2D eigenvalue weighted by Crippen LogP contribution is 2.29. The van der Waals surface area contributed by atoms with Crippen molar-refractivity contribution in [2.75, 3.05) is 26.1 Å². The number of hydrogen-bond acceptors (Lipinski definition) is 4. The standard InChI is InChI=1S/C20H27N3O3.HI/c1-14(2)26-17-8-5-15(6-9-17)11-12-22-20(21)23-16-7-10-18(24-3)19(13-16)25-4;/h5-10,13-14H,11-12H2,1-4H3,(H3,21,22,23);1H. The van der Waals surface area contributed by atoms with E-state index in [0.717, 1.165) is 17.9 Å². The first-order valence-electron chi connectivity index (χ1n) is 8.56. The van der Waals surface area contributed by atoms with Crippen molar-refractivity contribution in [1.82, 2.24) is 0 Å². The van der Waals surface area contributed by atoms with E-state index in [1.807, 2.05) is 56.3 Å². The number of nitrogens with two attached hydrogens (primary N) is 1. The van der Waals surface area contributed by atoms with Crippen LogP contribution in [0.15, 0.2) is 47.5 Å². The topological polar surface area (TPSA) is 78.1 Å². The van der Waals surface area contributed by atoms with Crippen LogP contribution < -0.4 is 25.3 Å². The van der Waals surface area contributed by atoms with Crippen molar-refractivity contribution in [3.8, 4) is 17.2 Å². The lowest BCUT2D eigenvalue weighted by molar-refractivity contribution is 0.242. The van der Waals surface area contributed by atoms with Crippen LogP contribution in [0, 0.1) is 0 Å². The van der Waals surface area contributed by atoms with Crippen LogP contribution in [-0.4, -0.2) is 32.8 Å². The molecule has 0 radical (unpaired) electrons. The van der Waals surface area contributed by atoms with E-state index in [9.17, 15) is 0 Å². The molecule has 6 nitrogen and oxygen atoms in total. The third-order valence-electron chi connectivity index (χ3n) is 3.63. The van der Waals surface area contributed by atoms with Crippen LogP contribution in [0.1, 0.15) is 19.4 Å². The third kappa shape index (κ3) is 7.54. The molecule has 0 saturated heterocycles. The molecule has 0 fully saturated rings. The molecule has 2 rings (SSSR count). The second-order valence-corrected chi connectivity index (χ2v) is 6.02. The van der Waals surface area contributed by atoms with Crippen molar-refractivity contribution < 1.29 is 14.2 Å². The van der Waals surface area contributed by atoms with Crippen LogP contribution in [0.3, 0.4) is 0 Å². The summed E-state index contributed by atoms with van der Waals surface area (Å²) in [5, 5.41) is 3.06. The number of nitrogens with zero attached hydrogens (tertiary/aromatic N) is 1. The summed E-state index contributed by atoms with van der Waals surface area (Å²) in [7, 11) is 3.19. The van der Waals surface area contributed by atoms with Gasteiger partial charge in [-0.15, -0.1) is 24.0 Å². The Morgan fingerprint density at radius 1 is 1.04 bits per heavy atom. The molecule has 148 valence electrons. The van der Waals surface area contributed by atoms with Gasteiger partial charge < -0.3 is 25.3 Å². The highest BCUT2D eigenvalue weighted by molar-refractivity contribution is 14.0. The van der Waals surface area contributed by atoms with Gasteiger partial charge in [-0.2, -0.15) is 0 Å². The summed E-state index contributed by atoms with van der Waals surface area (Å²) >= 11 is 0. The Hall–Kier alpha value is -2.16. The molecule has 2 aromatic rings. The molecule has 7 heteroatoms. The average molecular weight is 485 g/mol. The van der Waals surface area contributed by atoms with Gasteiger partial charge in [0.2, 0.25) is 0 Å². The first-order chi connectivity index (χ1) is 12.5. The van der Waals surface area contributed by atoms with Crippen molar-refractivity contribution in [2.24, 2.45) is 10.7 Å². The van der Waals surface area contributed by atoms with Crippen LogP contribution in [0.4, 0.5) is 5.69 Å². The van der Waals surface area contributed by atoms with Crippen molar-refractivity contribution in [1.29, 1.82) is 0 Å². The van der Waals surface area contributed by atoms with E-state index in [2.05, 4.69) is 10.3 Å². The molecule has 0 atom stereocenters. The number of ether oxygens (including phenoxy) is 3. The zero-order valence-electron chi connectivity index (χ0n) is 16.2. The Balaban J connectivity index is 0.00000364. The van der Waals surface area contributed by atoms with Crippen LogP contribution in [-0.2, 0) is 6.42 Å². The fourth-order valence-corrected chi connectivity index (χ4v) is 2.41. The van der Waals surface area contributed by atoms with Crippen molar-refractivity contribution in [3.05, 3.63) is 48.0 Å². The minimum Gasteiger partial charge on any atom is -0.493 e. The number of guanidine groups is 1. The maximum absolute atomic E-state index is 5.96. The molecule has 0 aliphatic rings. The summed E-state index contributed by atoms with van der Waals surface area (Å²) in [5.74, 6) is 2.53. The monoisotopic (exact) mass is 485 g/mol. The van der Waals surface area contributed by atoms with Crippen molar-refractivity contribution >= 4 is 35.6 Å². The smallest absolute Gasteiger partial charge is 0.193 e. The number of anilines is 1. The molecule has 0 saturated carbocycles. The molecule has 2 aromatic carbocycles. The Labute approximate surface area is 178 Å². The lowest BCUT2D eigenvalue weighted by Crippen LogP contribution is -2.23. The normalized spacial score (nSPS) is 10.9. The Bertz CT molecular complexity index is 734. The van der Waals surface area contributed by atoms with Crippen LogP contribution in [0.5, 0.6) is 17.2 Å². The van der Waals surface area contributed by atoms with Gasteiger partial charge in [0.05, 0.1) is 20.3 Å². The van der Waals surface area contributed by atoms with Gasteiger partial charge in [0.15, 0.2) is 17.5 Å². The van der Waals surface area contributed by atoms with Crippen LogP contribution in [0.25, 0.3) is 0 Å². The Morgan fingerprint density at radius 2 is 1.70 bits per heavy atom. The first kappa shape index (κ1) is 22.9. The van der Waals surface area contributed by atoms with Gasteiger partial charge in [0, 0.05) is 18.3 Å². The van der Waals surface area contributed by atoms with E-state index >= 15 is 0 Å². The molecule has 0 aromatic heterocycles. The minimum atomic E-state index is 0. The predicted octanol–water partition coefficient (Wildman–Crippen LogP) is 4.08. The van der Waals surface area contributed by atoms with E-state index in [1.54, 1.807) is 14.2 Å². The third-order valence-corrected chi connectivity index (χ3v) is 3.63. The number of halogens is 1. The maximum atomic E-state index is 5.96. The Morgan fingerprint density at radius 3 is 2.30 bits per heavy atom. The van der Waals surface area contributed by atoms with Crippen LogP contribution >= 0.6 is 24.0 Å². The summed E-state index contributed by atoms with van der Waals surface area (Å²) in [4.78, 5) is 4.36. The summed E-state index contributed by atoms with van der Waals surface area (Å²) in [5.41, 5.74) is 7.93. The number of methoxy groups -OCH3 is 2. The molecular weight excluding hydrogens is 457 g/mol. The van der Waals surface area contributed by atoms with Gasteiger partial charge in [-0.05, 0) is 50.1 Å². The van der Waals surface area contributed by atoms with E-state index in [0.29, 0.717) is 24.0 Å². The Kier molecular flexibility index (Phi) is 9.77. The zero-order valence-corrected chi connectivity index (χ0v) is 18.5. The minimum absolute atomic E-state index is 0. The lowest BCUT2D eigenvalue weighted by atomic mass is 10.1. The van der Waals surface area contributed by atoms with Gasteiger partial charge in [-0.3, -0.25) is 4.99 Å². The predicted molar refractivity (Wildman–Crippen MR) is 121 cm³/mol. The molecule has 27 heavy (non-hydrogen) atoms. The molecule has 0 aliphatic heterocycles. The highest BCUT2D eigenvalue weighted by Gasteiger charge is 2.05. The number of benzene rings is 2. The molecule has 0 spiro atoms.